The highest BCUT2D eigenvalue weighted by Gasteiger charge is 2.22. The summed E-state index contributed by atoms with van der Waals surface area (Å²) in [5.74, 6) is 0. The smallest absolute Gasteiger partial charge is 0.0978 e. The Balaban J connectivity index is 1.07. The molecule has 0 amide bonds. The lowest BCUT2D eigenvalue weighted by molar-refractivity contribution is 1.28. The van der Waals surface area contributed by atoms with Crippen LogP contribution < -0.4 is 5.32 Å². The van der Waals surface area contributed by atoms with Gasteiger partial charge in [0.2, 0.25) is 0 Å². The SMILES string of the molecule is C1=C(c2ccc(-c3ccc4ccc5c(-c6ccccc6)c6ccccc6nc5c4n3)c3ncccc23)c2ccc3ccc(-c4ccccc4)nc3c2NC1. The van der Waals surface area contributed by atoms with Crippen LogP contribution >= 0.6 is 0 Å². The van der Waals surface area contributed by atoms with Crippen molar-refractivity contribution in [2.45, 2.75) is 0 Å². The van der Waals surface area contributed by atoms with E-state index in [0.717, 1.165) is 99.4 Å². The van der Waals surface area contributed by atoms with E-state index in [1.165, 1.54) is 11.1 Å². The van der Waals surface area contributed by atoms with Crippen LogP contribution in [-0.4, -0.2) is 26.5 Å². The second kappa shape index (κ2) is 12.2. The molecule has 0 saturated heterocycles. The lowest BCUT2D eigenvalue weighted by Crippen LogP contribution is -2.10. The topological polar surface area (TPSA) is 63.6 Å². The highest BCUT2D eigenvalue weighted by atomic mass is 14.9. The van der Waals surface area contributed by atoms with Gasteiger partial charge in [-0.05, 0) is 47.0 Å². The van der Waals surface area contributed by atoms with Gasteiger partial charge in [-0.3, -0.25) is 4.98 Å². The summed E-state index contributed by atoms with van der Waals surface area (Å²) in [6, 6.07) is 55.2. The summed E-state index contributed by atoms with van der Waals surface area (Å²) in [6.45, 7) is 0.703. The van der Waals surface area contributed by atoms with Gasteiger partial charge in [-0.2, -0.15) is 0 Å². The van der Waals surface area contributed by atoms with Crippen LogP contribution in [0.15, 0.2) is 170 Å². The molecule has 252 valence electrons. The second-order valence-corrected chi connectivity index (χ2v) is 13.8. The Labute approximate surface area is 311 Å². The fraction of sp³-hybridized carbons (Fsp3) is 0.0204. The largest absolute Gasteiger partial charge is 0.379 e. The lowest BCUT2D eigenvalue weighted by Gasteiger charge is -2.23. The number of anilines is 1. The third-order valence-electron chi connectivity index (χ3n) is 10.7. The lowest BCUT2D eigenvalue weighted by atomic mass is 9.89. The van der Waals surface area contributed by atoms with Crippen LogP contribution in [-0.2, 0) is 0 Å². The zero-order valence-electron chi connectivity index (χ0n) is 29.2. The average molecular weight is 690 g/mol. The molecule has 11 rings (SSSR count). The van der Waals surface area contributed by atoms with Crippen molar-refractivity contribution >= 4 is 65.8 Å². The zero-order chi connectivity index (χ0) is 35.6. The summed E-state index contributed by atoms with van der Waals surface area (Å²) in [4.78, 5) is 20.8. The van der Waals surface area contributed by atoms with Crippen molar-refractivity contribution in [2.24, 2.45) is 0 Å². The molecule has 0 spiro atoms. The Morgan fingerprint density at radius 3 is 1.96 bits per heavy atom. The van der Waals surface area contributed by atoms with Crippen LogP contribution in [0.5, 0.6) is 0 Å². The van der Waals surface area contributed by atoms with Gasteiger partial charge in [-0.1, -0.05) is 133 Å². The van der Waals surface area contributed by atoms with Gasteiger partial charge in [-0.15, -0.1) is 0 Å². The molecular weight excluding hydrogens is 659 g/mol. The van der Waals surface area contributed by atoms with Crippen LogP contribution in [0.4, 0.5) is 5.69 Å². The van der Waals surface area contributed by atoms with Gasteiger partial charge in [0.05, 0.1) is 44.7 Å². The minimum Gasteiger partial charge on any atom is -0.379 e. The van der Waals surface area contributed by atoms with Gasteiger partial charge in [0.25, 0.3) is 0 Å². The Morgan fingerprint density at radius 2 is 1.09 bits per heavy atom. The van der Waals surface area contributed by atoms with Crippen molar-refractivity contribution in [3.8, 4) is 33.6 Å². The van der Waals surface area contributed by atoms with Gasteiger partial charge in [-0.25, -0.2) is 15.0 Å². The van der Waals surface area contributed by atoms with E-state index < -0.39 is 0 Å². The summed E-state index contributed by atoms with van der Waals surface area (Å²) in [7, 11) is 0. The first-order chi connectivity index (χ1) is 26.8. The molecule has 0 atom stereocenters. The molecule has 5 nitrogen and oxygen atoms in total. The Kier molecular flexibility index (Phi) is 6.85. The highest BCUT2D eigenvalue weighted by Crippen LogP contribution is 2.42. The van der Waals surface area contributed by atoms with E-state index in [9.17, 15) is 0 Å². The molecule has 0 saturated carbocycles. The molecule has 1 aliphatic rings. The van der Waals surface area contributed by atoms with E-state index in [1.807, 2.05) is 18.3 Å². The van der Waals surface area contributed by atoms with Gasteiger partial charge < -0.3 is 5.32 Å². The molecular formula is C49H31N5. The summed E-state index contributed by atoms with van der Waals surface area (Å²) in [5.41, 5.74) is 15.4. The Hall–Kier alpha value is -7.24. The number of aromatic nitrogens is 4. The summed E-state index contributed by atoms with van der Waals surface area (Å²) in [5, 5.41) is 9.11. The van der Waals surface area contributed by atoms with Crippen molar-refractivity contribution in [1.82, 2.24) is 19.9 Å². The normalized spacial score (nSPS) is 12.6. The van der Waals surface area contributed by atoms with Crippen molar-refractivity contribution < 1.29 is 0 Å². The average Bonchev–Trinajstić information content (AvgIpc) is 3.25. The van der Waals surface area contributed by atoms with Crippen molar-refractivity contribution in [1.29, 1.82) is 0 Å². The van der Waals surface area contributed by atoms with Crippen molar-refractivity contribution in [3.05, 3.63) is 181 Å². The fourth-order valence-electron chi connectivity index (χ4n) is 8.20. The quantitative estimate of drug-likeness (QED) is 0.147. The highest BCUT2D eigenvalue weighted by molar-refractivity contribution is 6.16. The van der Waals surface area contributed by atoms with Crippen LogP contribution in [0.2, 0.25) is 0 Å². The number of fused-ring (bicyclic) bond motifs is 8. The monoisotopic (exact) mass is 689 g/mol. The third kappa shape index (κ3) is 4.79. The number of hydrogen-bond acceptors (Lipinski definition) is 5. The molecule has 1 N–H and O–H groups in total. The van der Waals surface area contributed by atoms with Crippen LogP contribution in [0.3, 0.4) is 0 Å². The predicted molar refractivity (Wildman–Crippen MR) is 223 cm³/mol. The number of nitrogens with one attached hydrogen (secondary N) is 1. The first-order valence-electron chi connectivity index (χ1n) is 18.3. The van der Waals surface area contributed by atoms with E-state index in [-0.39, 0.29) is 0 Å². The van der Waals surface area contributed by atoms with Crippen LogP contribution in [0, 0.1) is 0 Å². The second-order valence-electron chi connectivity index (χ2n) is 13.8. The predicted octanol–water partition coefficient (Wildman–Crippen LogP) is 11.9. The fourth-order valence-corrected chi connectivity index (χ4v) is 8.20. The number of nitrogens with zero attached hydrogens (tertiary/aromatic N) is 4. The molecule has 0 bridgehead atoms. The minimum atomic E-state index is 0.703. The summed E-state index contributed by atoms with van der Waals surface area (Å²) >= 11 is 0. The van der Waals surface area contributed by atoms with Gasteiger partial charge in [0.1, 0.15) is 0 Å². The molecule has 5 heterocycles. The van der Waals surface area contributed by atoms with E-state index in [2.05, 4.69) is 157 Å². The summed E-state index contributed by atoms with van der Waals surface area (Å²) in [6.07, 6.45) is 4.15. The standard InChI is InChI=1S/C49H31N5/c1-3-10-30(11-4-1)41-25-19-32-17-21-37-35(27-29-51-48(37)45(32)52-41)34-23-24-39(47-36(34)15-9-28-50-47)43-26-20-33-18-22-40-44(31-12-5-2-6-13-31)38-14-7-8-16-42(38)54-49(40)46(33)53-43/h1-28,51H,29H2. The van der Waals surface area contributed by atoms with Crippen molar-refractivity contribution in [2.75, 3.05) is 11.9 Å². The van der Waals surface area contributed by atoms with E-state index in [0.29, 0.717) is 6.54 Å². The van der Waals surface area contributed by atoms with E-state index in [4.69, 9.17) is 19.9 Å². The first kappa shape index (κ1) is 30.4. The minimum absolute atomic E-state index is 0.703. The number of hydrogen-bond donors (Lipinski definition) is 1. The number of pyridine rings is 4. The Bertz CT molecular complexity index is 3150. The van der Waals surface area contributed by atoms with Crippen LogP contribution in [0.1, 0.15) is 11.1 Å². The maximum atomic E-state index is 5.38. The molecule has 6 aromatic carbocycles. The molecule has 0 fully saturated rings. The van der Waals surface area contributed by atoms with Gasteiger partial charge in [0.15, 0.2) is 0 Å². The molecule has 0 radical (unpaired) electrons. The number of para-hydroxylation sites is 1. The Morgan fingerprint density at radius 1 is 0.426 bits per heavy atom. The van der Waals surface area contributed by atoms with Gasteiger partial charge in [0, 0.05) is 61.9 Å². The third-order valence-corrected chi connectivity index (χ3v) is 10.7. The zero-order valence-corrected chi connectivity index (χ0v) is 29.2. The summed E-state index contributed by atoms with van der Waals surface area (Å²) < 4.78 is 0. The maximum Gasteiger partial charge on any atom is 0.0978 e. The molecule has 1 aliphatic heterocycles. The maximum absolute atomic E-state index is 5.38. The molecule has 5 heteroatoms. The van der Waals surface area contributed by atoms with E-state index >= 15 is 0 Å². The molecule has 10 aromatic rings. The molecule has 0 aliphatic carbocycles. The first-order valence-corrected chi connectivity index (χ1v) is 18.3. The molecule has 0 unspecified atom stereocenters. The van der Waals surface area contributed by atoms with Crippen LogP contribution in [0.25, 0.3) is 93.7 Å². The molecule has 4 aromatic heterocycles. The van der Waals surface area contributed by atoms with E-state index in [1.54, 1.807) is 0 Å². The molecule has 54 heavy (non-hydrogen) atoms. The van der Waals surface area contributed by atoms with Gasteiger partial charge >= 0.3 is 0 Å². The number of rotatable bonds is 4. The van der Waals surface area contributed by atoms with Crippen molar-refractivity contribution in [3.63, 3.8) is 0 Å². The number of benzene rings is 6.